The van der Waals surface area contributed by atoms with Crippen LogP contribution in [0.25, 0.3) is 15.3 Å². The van der Waals surface area contributed by atoms with Crippen molar-refractivity contribution in [3.63, 3.8) is 0 Å². The third-order valence-corrected chi connectivity index (χ3v) is 7.64. The third kappa shape index (κ3) is 5.87. The Kier molecular flexibility index (Phi) is 7.32. The quantitative estimate of drug-likeness (QED) is 0.306. The molecule has 4 rings (SSSR count). The molecule has 15 heteroatoms. The van der Waals surface area contributed by atoms with Gasteiger partial charge in [0.2, 0.25) is 27.8 Å². The standard InChI is InChI=1S/C21H21N7O5S3/c1-11-18(35-21(22-11)23-12(2)29)15-10-34-20(25-15)24-13-5-7-14(8-6-13)36(30,31)28-16-9-17(32-3)27-19(26-16)33-4/h5-10H,1-4H3,(H3,22,23,24,25,26,27,28,29)/p-1. The Hall–Kier alpha value is -3.82. The number of hydrogen-bond acceptors (Lipinski definition) is 12. The molecule has 3 aromatic heterocycles. The number of nitrogens with zero attached hydrogens (tertiary/aromatic N) is 5. The van der Waals surface area contributed by atoms with Crippen molar-refractivity contribution in [2.45, 2.75) is 18.7 Å². The van der Waals surface area contributed by atoms with Crippen molar-refractivity contribution >= 4 is 60.4 Å². The molecule has 0 spiro atoms. The number of rotatable bonds is 9. The number of methoxy groups -OCH3 is 2. The Morgan fingerprint density at radius 2 is 1.78 bits per heavy atom. The van der Waals surface area contributed by atoms with Crippen LogP contribution in [0.15, 0.2) is 40.6 Å². The summed E-state index contributed by atoms with van der Waals surface area (Å²) in [5.74, 6) is -0.181. The van der Waals surface area contributed by atoms with Gasteiger partial charge in [-0.15, -0.1) is 11.3 Å². The summed E-state index contributed by atoms with van der Waals surface area (Å²) >= 11 is 2.73. The van der Waals surface area contributed by atoms with Crippen LogP contribution in [0.3, 0.4) is 0 Å². The van der Waals surface area contributed by atoms with Gasteiger partial charge in [-0.05, 0) is 37.0 Å². The lowest BCUT2D eigenvalue weighted by Gasteiger charge is -2.17. The van der Waals surface area contributed by atoms with Crippen LogP contribution in [0.2, 0.25) is 0 Å². The summed E-state index contributed by atoms with van der Waals surface area (Å²) in [7, 11) is -1.31. The number of hydrogen-bond donors (Lipinski definition) is 2. The molecular formula is C21H20N7O5S3-. The first-order chi connectivity index (χ1) is 17.2. The van der Waals surface area contributed by atoms with Gasteiger partial charge in [0.05, 0.1) is 35.4 Å². The van der Waals surface area contributed by atoms with Crippen LogP contribution in [0.1, 0.15) is 12.6 Å². The Morgan fingerprint density at radius 3 is 2.44 bits per heavy atom. The van der Waals surface area contributed by atoms with Crippen molar-refractivity contribution in [2.24, 2.45) is 0 Å². The van der Waals surface area contributed by atoms with E-state index in [0.29, 0.717) is 16.0 Å². The van der Waals surface area contributed by atoms with E-state index in [2.05, 4.69) is 35.3 Å². The molecule has 0 atom stereocenters. The normalized spacial score (nSPS) is 11.1. The molecule has 0 saturated heterocycles. The Bertz CT molecular complexity index is 1480. The summed E-state index contributed by atoms with van der Waals surface area (Å²) in [6.07, 6.45) is 0. The number of nitrogens with one attached hydrogen (secondary N) is 2. The van der Waals surface area contributed by atoms with Crippen molar-refractivity contribution in [3.05, 3.63) is 46.1 Å². The summed E-state index contributed by atoms with van der Waals surface area (Å²) in [6.45, 7) is 3.28. The van der Waals surface area contributed by atoms with E-state index < -0.39 is 10.0 Å². The number of anilines is 3. The van der Waals surface area contributed by atoms with E-state index in [4.69, 9.17) is 9.47 Å². The van der Waals surface area contributed by atoms with Crippen LogP contribution in [-0.4, -0.2) is 48.5 Å². The largest absolute Gasteiger partial charge is 0.483 e. The van der Waals surface area contributed by atoms with Crippen LogP contribution >= 0.6 is 22.7 Å². The van der Waals surface area contributed by atoms with Gasteiger partial charge in [0.1, 0.15) is 0 Å². The maximum atomic E-state index is 12.8. The second-order valence-corrected chi connectivity index (χ2v) is 10.6. The number of amides is 1. The molecule has 12 nitrogen and oxygen atoms in total. The number of aromatic nitrogens is 4. The van der Waals surface area contributed by atoms with Gasteiger partial charge < -0.3 is 29.8 Å². The van der Waals surface area contributed by atoms with E-state index in [1.807, 2.05) is 12.3 Å². The molecule has 1 amide bonds. The van der Waals surface area contributed by atoms with E-state index in [1.54, 1.807) is 12.1 Å². The minimum Gasteiger partial charge on any atom is -0.483 e. The zero-order chi connectivity index (χ0) is 25.9. The van der Waals surface area contributed by atoms with Crippen LogP contribution in [0.5, 0.6) is 11.9 Å². The minimum absolute atomic E-state index is 0.0183. The second-order valence-electron chi connectivity index (χ2n) is 7.12. The monoisotopic (exact) mass is 546 g/mol. The molecule has 0 aliphatic heterocycles. The van der Waals surface area contributed by atoms with E-state index in [1.165, 1.54) is 62.0 Å². The maximum absolute atomic E-state index is 12.8. The SMILES string of the molecule is COc1cc([N-]S(=O)(=O)c2ccc(Nc3nc(-c4sc(NC(C)=O)nc4C)cs3)cc2)nc(OC)n1. The molecule has 0 bridgehead atoms. The summed E-state index contributed by atoms with van der Waals surface area (Å²) in [5, 5.41) is 8.83. The molecule has 0 radical (unpaired) electrons. The molecule has 1 aromatic carbocycles. The Morgan fingerprint density at radius 1 is 1.03 bits per heavy atom. The first-order valence-electron chi connectivity index (χ1n) is 10.2. The number of ether oxygens (including phenoxy) is 2. The number of benzene rings is 1. The highest BCUT2D eigenvalue weighted by atomic mass is 32.2. The maximum Gasteiger partial charge on any atom is 0.223 e. The number of carbonyl (C=O) groups excluding carboxylic acids is 1. The van der Waals surface area contributed by atoms with Crippen molar-refractivity contribution in [1.29, 1.82) is 0 Å². The van der Waals surface area contributed by atoms with Crippen molar-refractivity contribution in [2.75, 3.05) is 24.9 Å². The summed E-state index contributed by atoms with van der Waals surface area (Å²) in [4.78, 5) is 28.9. The lowest BCUT2D eigenvalue weighted by atomic mass is 10.3. The lowest BCUT2D eigenvalue weighted by Crippen LogP contribution is -2.04. The van der Waals surface area contributed by atoms with Gasteiger partial charge >= 0.3 is 0 Å². The van der Waals surface area contributed by atoms with Crippen molar-refractivity contribution in [3.8, 4) is 22.5 Å². The fraction of sp³-hybridized carbons (Fsp3) is 0.190. The molecule has 188 valence electrons. The van der Waals surface area contributed by atoms with E-state index in [-0.39, 0.29) is 28.5 Å². The molecule has 0 fully saturated rings. The molecule has 0 aliphatic carbocycles. The predicted octanol–water partition coefficient (Wildman–Crippen LogP) is 4.48. The minimum atomic E-state index is -4.05. The third-order valence-electron chi connectivity index (χ3n) is 4.49. The fourth-order valence-corrected chi connectivity index (χ4v) is 5.61. The van der Waals surface area contributed by atoms with Gasteiger partial charge in [-0.3, -0.25) is 4.79 Å². The Balaban J connectivity index is 1.47. The van der Waals surface area contributed by atoms with Crippen LogP contribution in [0, 0.1) is 6.92 Å². The molecule has 0 aliphatic rings. The molecule has 4 aromatic rings. The smallest absolute Gasteiger partial charge is 0.223 e. The van der Waals surface area contributed by atoms with Gasteiger partial charge in [0, 0.05) is 24.1 Å². The highest BCUT2D eigenvalue weighted by Crippen LogP contribution is 2.35. The lowest BCUT2D eigenvalue weighted by molar-refractivity contribution is -0.114. The zero-order valence-electron chi connectivity index (χ0n) is 19.5. The molecule has 36 heavy (non-hydrogen) atoms. The van der Waals surface area contributed by atoms with Gasteiger partial charge in [-0.2, -0.15) is 4.98 Å². The van der Waals surface area contributed by atoms with Crippen molar-refractivity contribution in [1.82, 2.24) is 19.9 Å². The summed E-state index contributed by atoms with van der Waals surface area (Å²) in [5.41, 5.74) is 2.13. The second kappa shape index (κ2) is 10.4. The summed E-state index contributed by atoms with van der Waals surface area (Å²) < 4.78 is 39.3. The van der Waals surface area contributed by atoms with Gasteiger partial charge in [0.15, 0.2) is 10.3 Å². The van der Waals surface area contributed by atoms with Crippen LogP contribution < -0.4 is 20.1 Å². The topological polar surface area (TPSA) is 159 Å². The van der Waals surface area contributed by atoms with E-state index in [0.717, 1.165) is 16.3 Å². The van der Waals surface area contributed by atoms with Gasteiger partial charge in [0.25, 0.3) is 0 Å². The van der Waals surface area contributed by atoms with E-state index in [9.17, 15) is 13.2 Å². The van der Waals surface area contributed by atoms with Crippen LogP contribution in [-0.2, 0) is 14.8 Å². The van der Waals surface area contributed by atoms with Crippen molar-refractivity contribution < 1.29 is 22.7 Å². The molecule has 0 unspecified atom stereocenters. The van der Waals surface area contributed by atoms with E-state index >= 15 is 0 Å². The molecule has 3 heterocycles. The first kappa shape index (κ1) is 25.3. The Labute approximate surface area is 214 Å². The highest BCUT2D eigenvalue weighted by Gasteiger charge is 2.15. The average Bonchev–Trinajstić information content (AvgIpc) is 3.44. The molecule has 0 saturated carbocycles. The number of thiazole rings is 2. The number of carbonyl (C=O) groups is 1. The molecular weight excluding hydrogens is 526 g/mol. The fourth-order valence-electron chi connectivity index (χ4n) is 2.92. The number of sulfonamides is 1. The predicted molar refractivity (Wildman–Crippen MR) is 137 cm³/mol. The van der Waals surface area contributed by atoms with Crippen LogP contribution in [0.4, 0.5) is 21.8 Å². The van der Waals surface area contributed by atoms with Gasteiger partial charge in [-0.1, -0.05) is 11.3 Å². The number of aryl methyl sites for hydroxylation is 1. The zero-order valence-corrected chi connectivity index (χ0v) is 21.9. The first-order valence-corrected chi connectivity index (χ1v) is 13.3. The highest BCUT2D eigenvalue weighted by molar-refractivity contribution is 7.94. The average molecular weight is 547 g/mol. The molecule has 2 N–H and O–H groups in total. The van der Waals surface area contributed by atoms with Gasteiger partial charge in [-0.25, -0.2) is 18.4 Å². The summed E-state index contributed by atoms with van der Waals surface area (Å²) in [6, 6.07) is 7.30.